The van der Waals surface area contributed by atoms with Crippen LogP contribution in [0, 0.1) is 0 Å². The number of carbonyl (C=O) groups excluding carboxylic acids is 10. The van der Waals surface area contributed by atoms with Crippen molar-refractivity contribution >= 4 is 129 Å². The minimum absolute atomic E-state index is 0.00739. The van der Waals surface area contributed by atoms with Crippen molar-refractivity contribution in [3.63, 3.8) is 0 Å². The molecule has 1 aromatic heterocycles. The van der Waals surface area contributed by atoms with Crippen molar-refractivity contribution in [2.24, 2.45) is 9.98 Å². The van der Waals surface area contributed by atoms with Crippen LogP contribution in [0.4, 0.5) is 30.6 Å². The monoisotopic (exact) mass is 1540 g/mol. The van der Waals surface area contributed by atoms with Gasteiger partial charge in [-0.15, -0.1) is 4.99 Å². The predicted molar refractivity (Wildman–Crippen MR) is 393 cm³/mol. The summed E-state index contributed by atoms with van der Waals surface area (Å²) in [6.45, 7) is 21.5. The van der Waals surface area contributed by atoms with E-state index in [9.17, 15) is 47.9 Å². The van der Waals surface area contributed by atoms with Crippen molar-refractivity contribution in [2.75, 3.05) is 46.3 Å². The lowest BCUT2D eigenvalue weighted by Gasteiger charge is -2.27. The van der Waals surface area contributed by atoms with Gasteiger partial charge in [-0.1, -0.05) is 58.5 Å². The van der Waals surface area contributed by atoms with E-state index in [0.717, 1.165) is 11.3 Å². The van der Waals surface area contributed by atoms with Gasteiger partial charge in [0.15, 0.2) is 0 Å². The van der Waals surface area contributed by atoms with Crippen LogP contribution >= 0.6 is 46.4 Å². The molecule has 0 fully saturated rings. The zero-order valence-electron chi connectivity index (χ0n) is 60.8. The molecule has 0 spiro atoms. The third-order valence-electron chi connectivity index (χ3n) is 14.0. The average molecular weight is 1540 g/mol. The highest BCUT2D eigenvalue weighted by Crippen LogP contribution is 2.36. The highest BCUT2D eigenvalue weighted by Gasteiger charge is 2.31. The van der Waals surface area contributed by atoms with E-state index in [1.807, 2.05) is 12.1 Å². The Kier molecular flexibility index (Phi) is 32.4. The van der Waals surface area contributed by atoms with Gasteiger partial charge in [-0.2, -0.15) is 5.10 Å². The van der Waals surface area contributed by atoms with E-state index in [1.54, 1.807) is 126 Å². The maximum absolute atomic E-state index is 13.0. The molecule has 2 unspecified atom stereocenters. The molecule has 105 heavy (non-hydrogen) atoms. The second-order valence-corrected chi connectivity index (χ2v) is 28.9. The van der Waals surface area contributed by atoms with E-state index in [4.69, 9.17) is 90.0 Å². The Balaban J connectivity index is 0.000000308. The molecule has 4 atom stereocenters. The third-order valence-corrected chi connectivity index (χ3v) is 15.2. The molecule has 4 aromatic carbocycles. The Hall–Kier alpha value is -9.59. The molecule has 7 rings (SSSR count). The van der Waals surface area contributed by atoms with Gasteiger partial charge in [0.1, 0.15) is 57.6 Å². The van der Waals surface area contributed by atoms with Crippen LogP contribution in [-0.2, 0) is 47.6 Å². The zero-order chi connectivity index (χ0) is 78.1. The van der Waals surface area contributed by atoms with Gasteiger partial charge in [0.2, 0.25) is 11.9 Å². The number of nitrogens with zero attached hydrogens (tertiary/aromatic N) is 4. The summed E-state index contributed by atoms with van der Waals surface area (Å²) in [6.07, 6.45) is 1.01. The fourth-order valence-corrected chi connectivity index (χ4v) is 10.7. The van der Waals surface area contributed by atoms with Crippen LogP contribution in [0.5, 0.6) is 11.5 Å². The molecule has 0 saturated carbocycles. The van der Waals surface area contributed by atoms with Crippen molar-refractivity contribution in [2.45, 2.75) is 168 Å². The molecule has 6 amide bonds. The average Bonchev–Trinajstić information content (AvgIpc) is 1.21. The molecule has 30 nitrogen and oxygen atoms in total. The second kappa shape index (κ2) is 39.5. The number of ketones is 2. The van der Waals surface area contributed by atoms with Gasteiger partial charge < -0.3 is 64.9 Å². The fourth-order valence-electron chi connectivity index (χ4n) is 9.54. The van der Waals surface area contributed by atoms with E-state index in [-0.39, 0.29) is 106 Å². The van der Waals surface area contributed by atoms with Crippen LogP contribution in [0.25, 0.3) is 0 Å². The third kappa shape index (κ3) is 30.2. The lowest BCUT2D eigenvalue weighted by Crippen LogP contribution is -2.47. The van der Waals surface area contributed by atoms with Crippen LogP contribution < -0.4 is 52.4 Å². The van der Waals surface area contributed by atoms with Gasteiger partial charge in [0, 0.05) is 67.0 Å². The minimum Gasteiger partial charge on any atom is -0.493 e. The maximum atomic E-state index is 13.0. The molecular weight excluding hydrogens is 1450 g/mol. The smallest absolute Gasteiger partial charge is 0.437 e. The van der Waals surface area contributed by atoms with Crippen LogP contribution in [0.2, 0.25) is 20.1 Å². The summed E-state index contributed by atoms with van der Waals surface area (Å²) in [7, 11) is 2.39. The molecule has 5 aromatic rings. The molecule has 0 saturated heterocycles. The number of alkyl carbamates (subject to hydrolysis) is 3. The predicted octanol–water partition coefficient (Wildman–Crippen LogP) is 11.6. The summed E-state index contributed by atoms with van der Waals surface area (Å²) in [6, 6.07) is 18.8. The lowest BCUT2D eigenvalue weighted by atomic mass is 9.99. The minimum atomic E-state index is -1.12. The molecule has 2 aliphatic heterocycles. The van der Waals surface area contributed by atoms with Crippen molar-refractivity contribution in [1.82, 2.24) is 47.0 Å². The van der Waals surface area contributed by atoms with Crippen LogP contribution in [0.3, 0.4) is 0 Å². The van der Waals surface area contributed by atoms with Gasteiger partial charge in [-0.3, -0.25) is 35.1 Å². The summed E-state index contributed by atoms with van der Waals surface area (Å²) in [5.74, 6) is -2.06. The number of anilines is 1. The zero-order valence-corrected chi connectivity index (χ0v) is 63.8. The largest absolute Gasteiger partial charge is 0.493 e. The van der Waals surface area contributed by atoms with Crippen molar-refractivity contribution in [1.29, 1.82) is 0 Å². The number of Topliss-reactive ketones (excluding diaryl/α,β-unsaturated/α-hetero) is 2. The van der Waals surface area contributed by atoms with Gasteiger partial charge >= 0.3 is 36.3 Å². The number of hydrogen-bond donors (Lipinski definition) is 8. The maximum Gasteiger partial charge on any atom is 0.437 e. The molecule has 570 valence electrons. The highest BCUT2D eigenvalue weighted by molar-refractivity contribution is 6.40. The Bertz CT molecular complexity index is 3910. The number of guanidine groups is 1. The highest BCUT2D eigenvalue weighted by atomic mass is 35.5. The number of nitrogen functional groups attached to an aromatic ring is 1. The summed E-state index contributed by atoms with van der Waals surface area (Å²) < 4.78 is 43.1. The molecule has 0 aliphatic carbocycles. The molecule has 34 heteroatoms. The number of hydrogen-bond acceptors (Lipinski definition) is 23. The number of ether oxygens (including phenoxy) is 8. The van der Waals surface area contributed by atoms with Crippen molar-refractivity contribution in [3.05, 3.63) is 134 Å². The number of aromatic nitrogens is 2. The van der Waals surface area contributed by atoms with E-state index in [1.165, 1.54) is 55.6 Å². The normalized spacial score (nSPS) is 14.5. The Morgan fingerprint density at radius 3 is 1.37 bits per heavy atom. The number of nitrogens with one attached hydrogen (secondary N) is 7. The Morgan fingerprint density at radius 2 is 0.971 bits per heavy atom. The summed E-state index contributed by atoms with van der Waals surface area (Å²) in [4.78, 5) is 132. The topological polar surface area (TPSA) is 397 Å². The van der Waals surface area contributed by atoms with E-state index >= 15 is 0 Å². The number of nitrogens with two attached hydrogens (primary N) is 1. The number of methoxy groups -OCH3 is 2. The molecule has 2 aliphatic rings. The van der Waals surface area contributed by atoms with Crippen molar-refractivity contribution < 1.29 is 85.8 Å². The van der Waals surface area contributed by atoms with E-state index in [2.05, 4.69) is 52.3 Å². The second-order valence-electron chi connectivity index (χ2n) is 27.3. The van der Waals surface area contributed by atoms with Gasteiger partial charge in [-0.25, -0.2) is 38.4 Å². The number of aliphatic imine (C=N–C) groups is 2. The van der Waals surface area contributed by atoms with Gasteiger partial charge in [0.05, 0.1) is 77.4 Å². The van der Waals surface area contributed by atoms with Crippen LogP contribution in [0.15, 0.2) is 101 Å². The van der Waals surface area contributed by atoms with Crippen LogP contribution in [0.1, 0.15) is 166 Å². The number of halogens is 4. The summed E-state index contributed by atoms with van der Waals surface area (Å²) >= 11 is 24.4. The Labute approximate surface area is 628 Å². The summed E-state index contributed by atoms with van der Waals surface area (Å²) in [5.41, 5.74) is 5.53. The molecule has 9 N–H and O–H groups in total. The molecule has 3 heterocycles. The first-order valence-corrected chi connectivity index (χ1v) is 34.5. The number of esters is 2. The first-order valence-electron chi connectivity index (χ1n) is 33.0. The number of benzene rings is 4. The first-order chi connectivity index (χ1) is 49.1. The number of carbonyl (C=O) groups is 10. The number of rotatable bonds is 19. The van der Waals surface area contributed by atoms with Crippen LogP contribution in [-0.4, -0.2) is 156 Å². The number of amides is 6. The number of fused-ring (bicyclic) bond motifs is 2. The molecular formula is C71H90Cl4N12O18. The standard InChI is InChI=1S/C34H43Cl2N5O9.C23H25Cl2N3O5.C14H22N4O4/c1-33(2,3)49-31(45)40-30(41-32(46)50-34(4,5)6)38-19-11-14-26-21(17-19)24(15-16-48-26)37-18-20(42)12-13-25(29(44)47-7)39-28(43)27-22(35)9-8-10-23(27)36;1-32-23(31)19(28-22(30)21-16(24)3-2-4-17(21)25)7-6-14(29)12-27-18-9-10-33-20-8-5-13(26)11-15(18)20;1-13(2,3)21-11(19)16-10(18-9-7-8-15-18)17-12(20)22-14(4,5)6/h8-11,14,17,24-25,37H,12-13,15-16,18H2,1-7H3,(H,39,43)(H2,38,40,41,45,46);2-5,8,11,18-19,27H,6-7,9-10,12,26H2,1H3,(H,28,30);7-9H,1-6H3,(H,16,17,19,20)/t24?,25-;18?,19-;/m00./s1. The SMILES string of the molecule is CC(C)(C)OC(=O)N=C(NC(=O)OC(C)(C)C)n1cccn1.COC(=O)[C@H](CCC(=O)CNC1CCOc2ccc(N)cc21)NC(=O)c1c(Cl)cccc1Cl.COC(=O)[C@H](CCC(=O)CNC1CCOc2ccc(N=C(NC(=O)OC(C)(C)C)NC(=O)OC(C)(C)C)cc21)NC(=O)c1c(Cl)cccc1Cl. The van der Waals surface area contributed by atoms with E-state index < -0.39 is 82.6 Å². The van der Waals surface area contributed by atoms with Gasteiger partial charge in [0.25, 0.3) is 11.8 Å². The molecule has 0 bridgehead atoms. The fraction of sp³-hybridized carbons (Fsp3) is 0.451. The first kappa shape index (κ1) is 86.1. The van der Waals surface area contributed by atoms with Gasteiger partial charge in [-0.05, 0) is 163 Å². The van der Waals surface area contributed by atoms with Crippen molar-refractivity contribution in [3.8, 4) is 11.5 Å². The Morgan fingerprint density at radius 1 is 0.562 bits per heavy atom. The lowest BCUT2D eigenvalue weighted by molar-refractivity contribution is -0.144. The van der Waals surface area contributed by atoms with E-state index in [0.29, 0.717) is 48.7 Å². The summed E-state index contributed by atoms with van der Waals surface area (Å²) in [5, 5.41) is 23.3. The quantitative estimate of drug-likeness (QED) is 0.0125. The molecule has 0 radical (unpaired) electrons.